The molecule has 144 valence electrons. The molecule has 1 amide bonds. The van der Waals surface area contributed by atoms with Crippen molar-refractivity contribution in [3.63, 3.8) is 0 Å². The van der Waals surface area contributed by atoms with Crippen LogP contribution in [0.3, 0.4) is 0 Å². The Balaban J connectivity index is 2.09. The number of halogens is 1. The first-order valence-corrected chi connectivity index (χ1v) is 8.34. The van der Waals surface area contributed by atoms with Crippen LogP contribution >= 0.6 is 11.6 Å². The number of carbonyl (C=O) groups excluding carboxylic acids is 2. The molecule has 0 saturated carbocycles. The van der Waals surface area contributed by atoms with Gasteiger partial charge >= 0.3 is 5.97 Å². The Morgan fingerprint density at radius 2 is 1.63 bits per heavy atom. The largest absolute Gasteiger partial charge is 0.495 e. The topological polar surface area (TPSA) is 83.1 Å². The van der Waals surface area contributed by atoms with Crippen molar-refractivity contribution in [3.8, 4) is 17.2 Å². The molecule has 1 N–H and O–H groups in total. The van der Waals surface area contributed by atoms with Crippen molar-refractivity contribution >= 4 is 29.2 Å². The maximum absolute atomic E-state index is 12.4. The van der Waals surface area contributed by atoms with Gasteiger partial charge in [-0.15, -0.1) is 0 Å². The third-order valence-electron chi connectivity index (χ3n) is 3.68. The SMILES string of the molecule is COC(=O)c1ccc(O[C@H](C)C(=O)Nc2ccc(OC)c(Cl)c2)c(OC)c1. The lowest BCUT2D eigenvalue weighted by atomic mass is 10.2. The van der Waals surface area contributed by atoms with E-state index in [4.69, 9.17) is 25.8 Å². The third kappa shape index (κ3) is 5.04. The van der Waals surface area contributed by atoms with E-state index in [1.807, 2.05) is 0 Å². The molecular formula is C19H20ClNO6. The normalized spacial score (nSPS) is 11.3. The summed E-state index contributed by atoms with van der Waals surface area (Å²) in [7, 11) is 4.23. The number of hydrogen-bond donors (Lipinski definition) is 1. The van der Waals surface area contributed by atoms with Gasteiger partial charge in [0.2, 0.25) is 0 Å². The average Bonchev–Trinajstić information content (AvgIpc) is 2.67. The second-order valence-corrected chi connectivity index (χ2v) is 5.86. The number of hydrogen-bond acceptors (Lipinski definition) is 6. The fraction of sp³-hybridized carbons (Fsp3) is 0.263. The molecule has 0 radical (unpaired) electrons. The summed E-state index contributed by atoms with van der Waals surface area (Å²) in [5.74, 6) is 0.261. The molecule has 0 aliphatic carbocycles. The maximum atomic E-state index is 12.4. The maximum Gasteiger partial charge on any atom is 0.337 e. The van der Waals surface area contributed by atoms with E-state index >= 15 is 0 Å². The van der Waals surface area contributed by atoms with Crippen molar-refractivity contribution in [1.82, 2.24) is 0 Å². The van der Waals surface area contributed by atoms with Crippen LogP contribution in [0.1, 0.15) is 17.3 Å². The van der Waals surface area contributed by atoms with Gasteiger partial charge in [-0.2, -0.15) is 0 Å². The Labute approximate surface area is 162 Å². The monoisotopic (exact) mass is 393 g/mol. The van der Waals surface area contributed by atoms with Gasteiger partial charge < -0.3 is 24.3 Å². The van der Waals surface area contributed by atoms with Crippen molar-refractivity contribution in [2.75, 3.05) is 26.6 Å². The predicted molar refractivity (Wildman–Crippen MR) is 101 cm³/mol. The molecule has 0 aliphatic heterocycles. The third-order valence-corrected chi connectivity index (χ3v) is 3.97. The summed E-state index contributed by atoms with van der Waals surface area (Å²) in [6, 6.07) is 9.45. The summed E-state index contributed by atoms with van der Waals surface area (Å²) in [4.78, 5) is 24.0. The number of nitrogens with one attached hydrogen (secondary N) is 1. The van der Waals surface area contributed by atoms with Gasteiger partial charge in [-0.25, -0.2) is 4.79 Å². The molecule has 0 heterocycles. The van der Waals surface area contributed by atoms with Gasteiger partial charge in [-0.1, -0.05) is 11.6 Å². The van der Waals surface area contributed by atoms with Crippen LogP contribution in [-0.2, 0) is 9.53 Å². The van der Waals surface area contributed by atoms with Crippen LogP contribution < -0.4 is 19.5 Å². The zero-order valence-corrected chi connectivity index (χ0v) is 16.1. The first-order valence-electron chi connectivity index (χ1n) is 7.97. The van der Waals surface area contributed by atoms with Crippen molar-refractivity contribution in [1.29, 1.82) is 0 Å². The highest BCUT2D eigenvalue weighted by atomic mass is 35.5. The molecule has 0 bridgehead atoms. The molecule has 0 saturated heterocycles. The van der Waals surface area contributed by atoms with Crippen LogP contribution in [0.5, 0.6) is 17.2 Å². The second-order valence-electron chi connectivity index (χ2n) is 5.46. The molecule has 0 fully saturated rings. The summed E-state index contributed by atoms with van der Waals surface area (Å²) < 4.78 is 20.6. The van der Waals surface area contributed by atoms with Gasteiger partial charge in [0.15, 0.2) is 17.6 Å². The lowest BCUT2D eigenvalue weighted by Gasteiger charge is -2.17. The van der Waals surface area contributed by atoms with Crippen LogP contribution in [0.25, 0.3) is 0 Å². The zero-order valence-electron chi connectivity index (χ0n) is 15.4. The molecule has 2 aromatic rings. The predicted octanol–water partition coefficient (Wildman–Crippen LogP) is 3.55. The Morgan fingerprint density at radius 1 is 0.963 bits per heavy atom. The molecule has 8 heteroatoms. The van der Waals surface area contributed by atoms with E-state index in [0.29, 0.717) is 33.5 Å². The second kappa shape index (κ2) is 9.14. The fourth-order valence-electron chi connectivity index (χ4n) is 2.24. The first kappa shape index (κ1) is 20.4. The lowest BCUT2D eigenvalue weighted by molar-refractivity contribution is -0.122. The average molecular weight is 394 g/mol. The molecule has 2 aromatic carbocycles. The lowest BCUT2D eigenvalue weighted by Crippen LogP contribution is -2.30. The minimum absolute atomic E-state index is 0.310. The number of anilines is 1. The standard InChI is InChI=1S/C19H20ClNO6/c1-11(18(22)21-13-6-8-15(24-2)14(20)10-13)27-16-7-5-12(19(23)26-4)9-17(16)25-3/h5-11H,1-4H3,(H,21,22)/t11-/m1/s1. The zero-order chi connectivity index (χ0) is 20.0. The first-order chi connectivity index (χ1) is 12.9. The molecule has 0 unspecified atom stereocenters. The number of esters is 1. The van der Waals surface area contributed by atoms with E-state index in [1.54, 1.807) is 31.2 Å². The highest BCUT2D eigenvalue weighted by Gasteiger charge is 2.19. The Hall–Kier alpha value is -2.93. The molecule has 7 nitrogen and oxygen atoms in total. The summed E-state index contributed by atoms with van der Waals surface area (Å²) in [5.41, 5.74) is 0.820. The molecule has 0 aliphatic rings. The van der Waals surface area contributed by atoms with Gasteiger partial charge in [-0.3, -0.25) is 4.79 Å². The summed E-state index contributed by atoms with van der Waals surface area (Å²) in [6.45, 7) is 1.59. The Kier molecular flexibility index (Phi) is 6.90. The number of carbonyl (C=O) groups is 2. The van der Waals surface area contributed by atoms with Crippen LogP contribution in [-0.4, -0.2) is 39.3 Å². The fourth-order valence-corrected chi connectivity index (χ4v) is 2.50. The van der Waals surface area contributed by atoms with E-state index < -0.39 is 12.1 Å². The van der Waals surface area contributed by atoms with Crippen LogP contribution in [0.2, 0.25) is 5.02 Å². The van der Waals surface area contributed by atoms with Gasteiger partial charge in [0.05, 0.1) is 31.9 Å². The Bertz CT molecular complexity index is 839. The number of methoxy groups -OCH3 is 3. The molecule has 0 spiro atoms. The van der Waals surface area contributed by atoms with E-state index in [1.165, 1.54) is 33.5 Å². The number of ether oxygens (including phenoxy) is 4. The minimum atomic E-state index is -0.830. The van der Waals surface area contributed by atoms with Gasteiger partial charge in [0.25, 0.3) is 5.91 Å². The summed E-state index contributed by atoms with van der Waals surface area (Å²) in [6.07, 6.45) is -0.830. The van der Waals surface area contributed by atoms with E-state index in [-0.39, 0.29) is 5.91 Å². The van der Waals surface area contributed by atoms with Crippen molar-refractivity contribution in [2.24, 2.45) is 0 Å². The number of benzene rings is 2. The molecule has 0 aromatic heterocycles. The van der Waals surface area contributed by atoms with Gasteiger partial charge in [0.1, 0.15) is 5.75 Å². The highest BCUT2D eigenvalue weighted by molar-refractivity contribution is 6.32. The van der Waals surface area contributed by atoms with Crippen molar-refractivity contribution < 1.29 is 28.5 Å². The van der Waals surface area contributed by atoms with Crippen LogP contribution in [0.4, 0.5) is 5.69 Å². The quantitative estimate of drug-likeness (QED) is 0.724. The minimum Gasteiger partial charge on any atom is -0.495 e. The molecule has 27 heavy (non-hydrogen) atoms. The van der Waals surface area contributed by atoms with Gasteiger partial charge in [0, 0.05) is 5.69 Å². The molecule has 2 rings (SSSR count). The number of amides is 1. The highest BCUT2D eigenvalue weighted by Crippen LogP contribution is 2.30. The number of rotatable bonds is 7. The van der Waals surface area contributed by atoms with Gasteiger partial charge in [-0.05, 0) is 43.3 Å². The molecule has 1 atom stereocenters. The van der Waals surface area contributed by atoms with Crippen LogP contribution in [0.15, 0.2) is 36.4 Å². The summed E-state index contributed by atoms with van der Waals surface area (Å²) in [5, 5.41) is 3.09. The summed E-state index contributed by atoms with van der Waals surface area (Å²) >= 11 is 6.05. The Morgan fingerprint density at radius 3 is 2.22 bits per heavy atom. The van der Waals surface area contributed by atoms with E-state index in [2.05, 4.69) is 10.1 Å². The van der Waals surface area contributed by atoms with Crippen molar-refractivity contribution in [3.05, 3.63) is 47.0 Å². The van der Waals surface area contributed by atoms with E-state index in [0.717, 1.165) is 0 Å². The molecular weight excluding hydrogens is 374 g/mol. The van der Waals surface area contributed by atoms with Crippen LogP contribution in [0, 0.1) is 0 Å². The van der Waals surface area contributed by atoms with E-state index in [9.17, 15) is 9.59 Å². The van der Waals surface area contributed by atoms with Crippen molar-refractivity contribution in [2.45, 2.75) is 13.0 Å². The smallest absolute Gasteiger partial charge is 0.337 e.